The molecule has 0 bridgehead atoms. The Kier molecular flexibility index (Phi) is 3.85. The number of hydrogen-bond acceptors (Lipinski definition) is 5. The van der Waals surface area contributed by atoms with E-state index in [1.807, 2.05) is 19.2 Å². The van der Waals surface area contributed by atoms with Gasteiger partial charge in [-0.3, -0.25) is 0 Å². The van der Waals surface area contributed by atoms with Crippen molar-refractivity contribution in [3.05, 3.63) is 29.7 Å². The molecule has 6 nitrogen and oxygen atoms in total. The van der Waals surface area contributed by atoms with E-state index in [4.69, 9.17) is 16.9 Å². The fraction of sp³-hybridized carbons (Fsp3) is 0.375. The highest BCUT2D eigenvalue weighted by Gasteiger charge is 2.21. The zero-order valence-corrected chi connectivity index (χ0v) is 12.8. The number of aromatic amines is 1. The Labute approximate surface area is 129 Å². The van der Waals surface area contributed by atoms with Gasteiger partial charge in [-0.05, 0) is 25.8 Å². The van der Waals surface area contributed by atoms with Gasteiger partial charge < -0.3 is 26.8 Å². The molecule has 1 atom stereocenters. The predicted octanol–water partition coefficient (Wildman–Crippen LogP) is 1.83. The molecule has 2 aromatic heterocycles. The second-order valence-electron chi connectivity index (χ2n) is 5.85. The number of piperidine rings is 1. The van der Waals surface area contributed by atoms with Crippen molar-refractivity contribution in [1.82, 2.24) is 9.97 Å². The third-order valence-electron chi connectivity index (χ3n) is 4.21. The molecule has 22 heavy (non-hydrogen) atoms. The zero-order valence-electron chi connectivity index (χ0n) is 12.8. The van der Waals surface area contributed by atoms with E-state index < -0.39 is 0 Å². The minimum Gasteiger partial charge on any atom is -0.402 e. The molecule has 6 heteroatoms. The average molecular weight is 298 g/mol. The second kappa shape index (κ2) is 5.81. The maximum atomic E-state index is 7.66. The minimum absolute atomic E-state index is 0.202. The zero-order chi connectivity index (χ0) is 15.7. The fourth-order valence-electron chi connectivity index (χ4n) is 3.15. The van der Waals surface area contributed by atoms with Crippen molar-refractivity contribution in [2.75, 3.05) is 18.0 Å². The van der Waals surface area contributed by atoms with Gasteiger partial charge in [-0.15, -0.1) is 0 Å². The molecule has 3 heterocycles. The van der Waals surface area contributed by atoms with Crippen molar-refractivity contribution in [3.8, 4) is 0 Å². The molecular weight excluding hydrogens is 276 g/mol. The summed E-state index contributed by atoms with van der Waals surface area (Å²) < 4.78 is 0. The van der Waals surface area contributed by atoms with Crippen molar-refractivity contribution < 1.29 is 0 Å². The molecule has 0 saturated carbocycles. The van der Waals surface area contributed by atoms with Crippen molar-refractivity contribution >= 4 is 28.5 Å². The maximum absolute atomic E-state index is 7.66. The number of anilines is 1. The first-order valence-electron chi connectivity index (χ1n) is 7.55. The van der Waals surface area contributed by atoms with Crippen LogP contribution in [0.2, 0.25) is 0 Å². The van der Waals surface area contributed by atoms with Gasteiger partial charge >= 0.3 is 0 Å². The number of fused-ring (bicyclic) bond motifs is 1. The van der Waals surface area contributed by atoms with Gasteiger partial charge in [0.15, 0.2) is 0 Å². The summed E-state index contributed by atoms with van der Waals surface area (Å²) in [5, 5.41) is 8.67. The third kappa shape index (κ3) is 2.46. The lowest BCUT2D eigenvalue weighted by molar-refractivity contribution is 0.507. The standard InChI is InChI=1S/C16H22N6/c1-10(18)12(7-17)13-8-21-16-15(13)14(4-5-20-16)22-6-2-3-11(19)9-22/h4-5,7-8,11,17H,2-3,6,9,18-19H2,1H3,(H,20,21)/b12-10+,17-7?. The lowest BCUT2D eigenvalue weighted by Crippen LogP contribution is -2.42. The number of pyridine rings is 1. The van der Waals surface area contributed by atoms with E-state index in [0.717, 1.165) is 53.8 Å². The minimum atomic E-state index is 0.202. The Morgan fingerprint density at radius 1 is 1.55 bits per heavy atom. The fourth-order valence-corrected chi connectivity index (χ4v) is 3.15. The Bertz CT molecular complexity index is 725. The van der Waals surface area contributed by atoms with Crippen LogP contribution in [0.1, 0.15) is 25.3 Å². The van der Waals surface area contributed by atoms with Gasteiger partial charge in [0.25, 0.3) is 0 Å². The molecule has 6 N–H and O–H groups in total. The van der Waals surface area contributed by atoms with Crippen LogP contribution < -0.4 is 16.4 Å². The normalized spacial score (nSPS) is 20.1. The molecule has 0 amide bonds. The molecule has 1 unspecified atom stereocenters. The van der Waals surface area contributed by atoms with Crippen LogP contribution in [0.15, 0.2) is 24.2 Å². The molecule has 0 radical (unpaired) electrons. The Balaban J connectivity index is 2.17. The van der Waals surface area contributed by atoms with E-state index >= 15 is 0 Å². The predicted molar refractivity (Wildman–Crippen MR) is 91.1 cm³/mol. The second-order valence-corrected chi connectivity index (χ2v) is 5.85. The van der Waals surface area contributed by atoms with Crippen molar-refractivity contribution in [2.24, 2.45) is 11.5 Å². The summed E-state index contributed by atoms with van der Waals surface area (Å²) in [7, 11) is 0. The topological polar surface area (TPSA) is 108 Å². The first kappa shape index (κ1) is 14.6. The SMILES string of the molecule is C/C(N)=C(/C=N)c1c[nH]c2nccc(N3CCCC(N)C3)c12. The molecule has 3 rings (SSSR count). The van der Waals surface area contributed by atoms with Crippen LogP contribution in [-0.2, 0) is 0 Å². The molecule has 116 valence electrons. The molecule has 0 aliphatic carbocycles. The highest BCUT2D eigenvalue weighted by Crippen LogP contribution is 2.33. The van der Waals surface area contributed by atoms with Crippen molar-refractivity contribution in [1.29, 1.82) is 5.41 Å². The number of H-pyrrole nitrogens is 1. The van der Waals surface area contributed by atoms with E-state index in [2.05, 4.69) is 14.9 Å². The quantitative estimate of drug-likeness (QED) is 0.648. The smallest absolute Gasteiger partial charge is 0.139 e. The molecular formula is C16H22N6. The molecule has 1 fully saturated rings. The van der Waals surface area contributed by atoms with Crippen LogP contribution in [0.25, 0.3) is 16.6 Å². The number of nitrogens with zero attached hydrogens (tertiary/aromatic N) is 2. The highest BCUT2D eigenvalue weighted by atomic mass is 15.2. The van der Waals surface area contributed by atoms with E-state index in [9.17, 15) is 0 Å². The largest absolute Gasteiger partial charge is 0.402 e. The summed E-state index contributed by atoms with van der Waals surface area (Å²) in [5.74, 6) is 0. The van der Waals surface area contributed by atoms with E-state index in [0.29, 0.717) is 5.70 Å². The van der Waals surface area contributed by atoms with E-state index in [1.165, 1.54) is 6.21 Å². The Morgan fingerprint density at radius 3 is 3.05 bits per heavy atom. The monoisotopic (exact) mass is 298 g/mol. The van der Waals surface area contributed by atoms with Crippen molar-refractivity contribution in [3.63, 3.8) is 0 Å². The molecule has 2 aromatic rings. The summed E-state index contributed by atoms with van der Waals surface area (Å²) in [6.07, 6.45) is 7.14. The number of nitrogens with two attached hydrogens (primary N) is 2. The summed E-state index contributed by atoms with van der Waals surface area (Å²) >= 11 is 0. The number of hydrogen-bond donors (Lipinski definition) is 4. The lowest BCUT2D eigenvalue weighted by atomic mass is 10.0. The van der Waals surface area contributed by atoms with Gasteiger partial charge in [0.2, 0.25) is 0 Å². The summed E-state index contributed by atoms with van der Waals surface area (Å²) in [5.41, 5.74) is 16.3. The molecule has 0 aromatic carbocycles. The molecule has 1 aliphatic heterocycles. The molecule has 0 spiro atoms. The number of rotatable bonds is 3. The Morgan fingerprint density at radius 2 is 2.36 bits per heavy atom. The maximum Gasteiger partial charge on any atom is 0.139 e. The van der Waals surface area contributed by atoms with E-state index in [-0.39, 0.29) is 6.04 Å². The Hall–Kier alpha value is -2.34. The molecule has 1 aliphatic rings. The van der Waals surface area contributed by atoms with Crippen LogP contribution >= 0.6 is 0 Å². The third-order valence-corrected chi connectivity index (χ3v) is 4.21. The van der Waals surface area contributed by atoms with Gasteiger partial charge in [-0.25, -0.2) is 4.98 Å². The van der Waals surface area contributed by atoms with Gasteiger partial charge in [0, 0.05) is 60.3 Å². The van der Waals surface area contributed by atoms with Crippen LogP contribution in [0.3, 0.4) is 0 Å². The number of allylic oxidation sites excluding steroid dienone is 2. The van der Waals surface area contributed by atoms with Crippen LogP contribution in [0, 0.1) is 5.41 Å². The average Bonchev–Trinajstić information content (AvgIpc) is 2.92. The van der Waals surface area contributed by atoms with Crippen molar-refractivity contribution in [2.45, 2.75) is 25.8 Å². The van der Waals surface area contributed by atoms with Gasteiger partial charge in [0.1, 0.15) is 5.65 Å². The highest BCUT2D eigenvalue weighted by molar-refractivity contribution is 6.16. The number of nitrogens with one attached hydrogen (secondary N) is 2. The van der Waals surface area contributed by atoms with Crippen LogP contribution in [-0.4, -0.2) is 35.3 Å². The summed E-state index contributed by atoms with van der Waals surface area (Å²) in [6.45, 7) is 3.64. The summed E-state index contributed by atoms with van der Waals surface area (Å²) in [6, 6.07) is 2.22. The summed E-state index contributed by atoms with van der Waals surface area (Å²) in [4.78, 5) is 9.90. The lowest BCUT2D eigenvalue weighted by Gasteiger charge is -2.33. The van der Waals surface area contributed by atoms with Crippen LogP contribution in [0.4, 0.5) is 5.69 Å². The van der Waals surface area contributed by atoms with Crippen LogP contribution in [0.5, 0.6) is 0 Å². The number of aromatic nitrogens is 2. The molecule has 1 saturated heterocycles. The van der Waals surface area contributed by atoms with Gasteiger partial charge in [-0.2, -0.15) is 0 Å². The van der Waals surface area contributed by atoms with Gasteiger partial charge in [-0.1, -0.05) is 0 Å². The van der Waals surface area contributed by atoms with E-state index in [1.54, 1.807) is 6.20 Å². The first-order valence-corrected chi connectivity index (χ1v) is 7.55. The van der Waals surface area contributed by atoms with Gasteiger partial charge in [0.05, 0.1) is 5.39 Å². The first-order chi connectivity index (χ1) is 10.6.